The van der Waals surface area contributed by atoms with Crippen LogP contribution in [-0.4, -0.2) is 46.4 Å². The molecular formula is C16H25N3OS. The molecule has 1 aromatic rings. The number of rotatable bonds is 8. The molecule has 0 aliphatic carbocycles. The molecule has 2 aliphatic heterocycles. The van der Waals surface area contributed by atoms with Crippen LogP contribution in [0.3, 0.4) is 0 Å². The van der Waals surface area contributed by atoms with Crippen LogP contribution in [0, 0.1) is 5.92 Å². The monoisotopic (exact) mass is 307 g/mol. The molecule has 3 rings (SSSR count). The average molecular weight is 307 g/mol. The minimum absolute atomic E-state index is 0.317. The summed E-state index contributed by atoms with van der Waals surface area (Å²) in [7, 11) is 0. The summed E-state index contributed by atoms with van der Waals surface area (Å²) in [6, 6.07) is 0. The van der Waals surface area contributed by atoms with Crippen molar-refractivity contribution in [1.82, 2.24) is 14.9 Å². The van der Waals surface area contributed by atoms with Crippen LogP contribution in [0.4, 0.5) is 0 Å². The Kier molecular flexibility index (Phi) is 5.36. The topological polar surface area (TPSA) is 38.2 Å². The SMILES string of the molecule is CCCCCCSc1cncc(O[C@@H]2CN3CC[C@H]2C3)n1. The summed E-state index contributed by atoms with van der Waals surface area (Å²) in [5, 5.41) is 0.993. The second-order valence-electron chi connectivity index (χ2n) is 6.07. The Morgan fingerprint density at radius 2 is 2.24 bits per heavy atom. The Morgan fingerprint density at radius 3 is 3.00 bits per heavy atom. The Labute approximate surface area is 131 Å². The van der Waals surface area contributed by atoms with Gasteiger partial charge in [-0.3, -0.25) is 9.88 Å². The van der Waals surface area contributed by atoms with Gasteiger partial charge in [0.2, 0.25) is 5.88 Å². The van der Waals surface area contributed by atoms with Gasteiger partial charge in [-0.1, -0.05) is 26.2 Å². The van der Waals surface area contributed by atoms with Crippen molar-refractivity contribution in [3.63, 3.8) is 0 Å². The minimum Gasteiger partial charge on any atom is -0.472 e. The number of hydrogen-bond acceptors (Lipinski definition) is 5. The van der Waals surface area contributed by atoms with Gasteiger partial charge in [0.25, 0.3) is 0 Å². The number of piperidine rings is 1. The Balaban J connectivity index is 1.47. The fourth-order valence-electron chi connectivity index (χ4n) is 3.19. The summed E-state index contributed by atoms with van der Waals surface area (Å²) in [6.45, 7) is 5.74. The molecule has 2 aliphatic rings. The normalized spacial score (nSPS) is 27.2. The van der Waals surface area contributed by atoms with Crippen molar-refractivity contribution in [1.29, 1.82) is 0 Å². The van der Waals surface area contributed by atoms with Crippen LogP contribution in [0.5, 0.6) is 5.88 Å². The zero-order valence-corrected chi connectivity index (χ0v) is 13.6. The van der Waals surface area contributed by atoms with Gasteiger partial charge in [-0.25, -0.2) is 4.98 Å². The Morgan fingerprint density at radius 1 is 1.29 bits per heavy atom. The van der Waals surface area contributed by atoms with Crippen molar-refractivity contribution < 1.29 is 4.74 Å². The van der Waals surface area contributed by atoms with Crippen LogP contribution in [-0.2, 0) is 0 Å². The summed E-state index contributed by atoms with van der Waals surface area (Å²) in [6.07, 6.45) is 10.4. The molecule has 5 heteroatoms. The quantitative estimate of drug-likeness (QED) is 0.544. The lowest BCUT2D eigenvalue weighted by molar-refractivity contribution is 0.134. The number of nitrogens with zero attached hydrogens (tertiary/aromatic N) is 3. The van der Waals surface area contributed by atoms with Gasteiger partial charge in [0.05, 0.1) is 12.4 Å². The molecule has 0 spiro atoms. The number of aromatic nitrogens is 2. The highest BCUT2D eigenvalue weighted by atomic mass is 32.2. The molecular weight excluding hydrogens is 282 g/mol. The van der Waals surface area contributed by atoms with Crippen molar-refractivity contribution in [3.05, 3.63) is 12.4 Å². The van der Waals surface area contributed by atoms with Gasteiger partial charge in [0.1, 0.15) is 11.1 Å². The summed E-state index contributed by atoms with van der Waals surface area (Å²) >= 11 is 1.79. The standard InChI is InChI=1S/C16H25N3OS/c1-2-3-4-5-8-21-16-10-17-9-15(18-16)20-14-12-19-7-6-13(14)11-19/h9-10,13-14H,2-8,11-12H2,1H3/t13-,14+/m0/s1. The molecule has 0 aromatic carbocycles. The molecule has 2 bridgehead atoms. The van der Waals surface area contributed by atoms with Gasteiger partial charge in [-0.2, -0.15) is 0 Å². The molecule has 21 heavy (non-hydrogen) atoms. The molecule has 1 unspecified atom stereocenters. The lowest BCUT2D eigenvalue weighted by atomic mass is 10.0. The second-order valence-corrected chi connectivity index (χ2v) is 7.18. The summed E-state index contributed by atoms with van der Waals surface area (Å²) in [5.74, 6) is 2.52. The molecule has 1 aromatic heterocycles. The molecule has 2 fully saturated rings. The zero-order valence-electron chi connectivity index (χ0n) is 12.8. The fourth-order valence-corrected chi connectivity index (χ4v) is 4.03. The maximum atomic E-state index is 6.07. The Hall–Kier alpha value is -0.810. The van der Waals surface area contributed by atoms with E-state index in [-0.39, 0.29) is 0 Å². The predicted molar refractivity (Wildman–Crippen MR) is 85.9 cm³/mol. The highest BCUT2D eigenvalue weighted by Gasteiger charge is 2.39. The molecule has 3 heterocycles. The number of unbranched alkanes of at least 4 members (excludes halogenated alkanes) is 3. The molecule has 2 saturated heterocycles. The lowest BCUT2D eigenvalue weighted by Gasteiger charge is -2.22. The van der Waals surface area contributed by atoms with E-state index >= 15 is 0 Å². The van der Waals surface area contributed by atoms with Gasteiger partial charge < -0.3 is 4.74 Å². The molecule has 0 radical (unpaired) electrons. The van der Waals surface area contributed by atoms with E-state index in [1.165, 1.54) is 45.2 Å². The third-order valence-corrected chi connectivity index (χ3v) is 5.37. The van der Waals surface area contributed by atoms with E-state index in [4.69, 9.17) is 4.74 Å². The van der Waals surface area contributed by atoms with E-state index in [0.717, 1.165) is 17.3 Å². The van der Waals surface area contributed by atoms with Gasteiger partial charge in [-0.05, 0) is 25.1 Å². The molecule has 0 saturated carbocycles. The Bertz CT molecular complexity index is 457. The van der Waals surface area contributed by atoms with E-state index < -0.39 is 0 Å². The maximum absolute atomic E-state index is 6.07. The minimum atomic E-state index is 0.317. The third kappa shape index (κ3) is 4.10. The van der Waals surface area contributed by atoms with Crippen LogP contribution in [0.25, 0.3) is 0 Å². The number of thioether (sulfide) groups is 1. The lowest BCUT2D eigenvalue weighted by Crippen LogP contribution is -2.32. The molecule has 4 nitrogen and oxygen atoms in total. The smallest absolute Gasteiger partial charge is 0.233 e. The van der Waals surface area contributed by atoms with Crippen LogP contribution in [0.1, 0.15) is 39.0 Å². The number of fused-ring (bicyclic) bond motifs is 2. The molecule has 3 atom stereocenters. The first-order valence-electron chi connectivity index (χ1n) is 8.19. The first-order chi connectivity index (χ1) is 10.3. The molecule has 0 amide bonds. The van der Waals surface area contributed by atoms with Crippen molar-refractivity contribution in [2.75, 3.05) is 25.4 Å². The van der Waals surface area contributed by atoms with E-state index in [1.54, 1.807) is 18.0 Å². The van der Waals surface area contributed by atoms with E-state index in [0.29, 0.717) is 17.9 Å². The van der Waals surface area contributed by atoms with E-state index in [9.17, 15) is 0 Å². The summed E-state index contributed by atoms with van der Waals surface area (Å²) in [5.41, 5.74) is 0. The van der Waals surface area contributed by atoms with Crippen LogP contribution < -0.4 is 4.74 Å². The second kappa shape index (κ2) is 7.45. The van der Waals surface area contributed by atoms with Crippen LogP contribution in [0.2, 0.25) is 0 Å². The highest BCUT2D eigenvalue weighted by Crippen LogP contribution is 2.30. The summed E-state index contributed by atoms with van der Waals surface area (Å²) in [4.78, 5) is 11.4. The fraction of sp³-hybridized carbons (Fsp3) is 0.750. The number of hydrogen-bond donors (Lipinski definition) is 0. The van der Waals surface area contributed by atoms with Crippen molar-refractivity contribution in [2.24, 2.45) is 5.92 Å². The van der Waals surface area contributed by atoms with Crippen LogP contribution in [0.15, 0.2) is 17.4 Å². The van der Waals surface area contributed by atoms with Gasteiger partial charge in [-0.15, -0.1) is 11.8 Å². The van der Waals surface area contributed by atoms with Gasteiger partial charge in [0, 0.05) is 19.0 Å². The van der Waals surface area contributed by atoms with Gasteiger partial charge >= 0.3 is 0 Å². The molecule has 116 valence electrons. The highest BCUT2D eigenvalue weighted by molar-refractivity contribution is 7.99. The first-order valence-corrected chi connectivity index (χ1v) is 9.17. The van der Waals surface area contributed by atoms with Crippen molar-refractivity contribution in [3.8, 4) is 5.88 Å². The van der Waals surface area contributed by atoms with Gasteiger partial charge in [0.15, 0.2) is 0 Å². The first kappa shape index (κ1) is 15.1. The zero-order chi connectivity index (χ0) is 14.5. The average Bonchev–Trinajstić information content (AvgIpc) is 3.10. The molecule has 0 N–H and O–H groups in total. The van der Waals surface area contributed by atoms with Crippen molar-refractivity contribution >= 4 is 11.8 Å². The van der Waals surface area contributed by atoms with E-state index in [1.807, 2.05) is 6.20 Å². The van der Waals surface area contributed by atoms with Crippen LogP contribution >= 0.6 is 11.8 Å². The predicted octanol–water partition coefficient (Wildman–Crippen LogP) is 3.23. The summed E-state index contributed by atoms with van der Waals surface area (Å²) < 4.78 is 6.07. The van der Waals surface area contributed by atoms with Crippen molar-refractivity contribution in [2.45, 2.75) is 50.2 Å². The van der Waals surface area contributed by atoms with E-state index in [2.05, 4.69) is 21.8 Å². The number of ether oxygens (including phenoxy) is 1. The third-order valence-electron chi connectivity index (χ3n) is 4.38. The largest absolute Gasteiger partial charge is 0.472 e. The maximum Gasteiger partial charge on any atom is 0.233 e.